The van der Waals surface area contributed by atoms with Gasteiger partial charge in [-0.25, -0.2) is 18.9 Å². The fourth-order valence-corrected chi connectivity index (χ4v) is 3.67. The van der Waals surface area contributed by atoms with Gasteiger partial charge in [0.25, 0.3) is 0 Å². The molecule has 1 aliphatic heterocycles. The molecule has 0 spiro atoms. The standard InChI is InChI=1S/C20H17ClN4O3/c1-11(2)18-22-15-6-4-3-5-13(15)19-23-24(20(26)25(18)19)9-12-7-16-17(8-14(12)21)28-10-27-16/h3-8,11H,9-10H2,1-2H3. The van der Waals surface area contributed by atoms with Gasteiger partial charge in [0.15, 0.2) is 17.1 Å². The van der Waals surface area contributed by atoms with E-state index < -0.39 is 0 Å². The average molecular weight is 397 g/mol. The minimum atomic E-state index is -0.245. The SMILES string of the molecule is CC(C)c1nc2ccccc2c2nn(Cc3cc4c(cc3Cl)OCO4)c(=O)n12. The second-order valence-corrected chi connectivity index (χ2v) is 7.45. The predicted octanol–water partition coefficient (Wildman–Crippen LogP) is 3.60. The Morgan fingerprint density at radius 1 is 1.18 bits per heavy atom. The van der Waals surface area contributed by atoms with Crippen LogP contribution < -0.4 is 15.2 Å². The normalized spacial score (nSPS) is 13.1. The van der Waals surface area contributed by atoms with Crippen LogP contribution in [0, 0.1) is 0 Å². The van der Waals surface area contributed by atoms with Crippen molar-refractivity contribution in [2.24, 2.45) is 0 Å². The summed E-state index contributed by atoms with van der Waals surface area (Å²) in [6.07, 6.45) is 0. The third-order valence-electron chi connectivity index (χ3n) is 4.83. The van der Waals surface area contributed by atoms with Gasteiger partial charge >= 0.3 is 5.69 Å². The number of aromatic nitrogens is 4. The fourth-order valence-electron chi connectivity index (χ4n) is 3.45. The Kier molecular flexibility index (Phi) is 3.80. The molecule has 0 fully saturated rings. The van der Waals surface area contributed by atoms with E-state index in [1.807, 2.05) is 38.1 Å². The first kappa shape index (κ1) is 17.1. The maximum absolute atomic E-state index is 13.2. The smallest absolute Gasteiger partial charge is 0.352 e. The summed E-state index contributed by atoms with van der Waals surface area (Å²) in [6, 6.07) is 11.2. The molecule has 0 saturated carbocycles. The van der Waals surface area contributed by atoms with Gasteiger partial charge in [-0.2, -0.15) is 0 Å². The van der Waals surface area contributed by atoms with Crippen LogP contribution >= 0.6 is 11.6 Å². The first-order chi connectivity index (χ1) is 13.5. The Labute approximate surface area is 165 Å². The second-order valence-electron chi connectivity index (χ2n) is 7.04. The maximum Gasteiger partial charge on any atom is 0.352 e. The molecule has 5 rings (SSSR count). The highest BCUT2D eigenvalue weighted by Gasteiger charge is 2.20. The maximum atomic E-state index is 13.2. The zero-order valence-electron chi connectivity index (χ0n) is 15.3. The molecule has 7 nitrogen and oxygen atoms in total. The summed E-state index contributed by atoms with van der Waals surface area (Å²) in [6.45, 7) is 4.41. The van der Waals surface area contributed by atoms with Crippen LogP contribution in [0.3, 0.4) is 0 Å². The molecule has 142 valence electrons. The molecule has 0 aliphatic carbocycles. The topological polar surface area (TPSA) is 70.7 Å². The molecular formula is C20H17ClN4O3. The number of hydrogen-bond acceptors (Lipinski definition) is 5. The van der Waals surface area contributed by atoms with E-state index >= 15 is 0 Å². The molecule has 0 N–H and O–H groups in total. The molecule has 0 unspecified atom stereocenters. The molecule has 28 heavy (non-hydrogen) atoms. The van der Waals surface area contributed by atoms with Crippen molar-refractivity contribution in [2.45, 2.75) is 26.3 Å². The molecular weight excluding hydrogens is 380 g/mol. The molecule has 0 saturated heterocycles. The summed E-state index contributed by atoms with van der Waals surface area (Å²) in [5, 5.41) is 5.94. The van der Waals surface area contributed by atoms with Gasteiger partial charge in [-0.05, 0) is 23.8 Å². The van der Waals surface area contributed by atoms with E-state index in [0.29, 0.717) is 28.0 Å². The number of hydrogen-bond donors (Lipinski definition) is 0. The van der Waals surface area contributed by atoms with Gasteiger partial charge in [-0.15, -0.1) is 5.10 Å². The number of para-hydroxylation sites is 1. The molecule has 0 radical (unpaired) electrons. The minimum Gasteiger partial charge on any atom is -0.454 e. The van der Waals surface area contributed by atoms with Gasteiger partial charge in [0, 0.05) is 22.4 Å². The summed E-state index contributed by atoms with van der Waals surface area (Å²) >= 11 is 6.39. The van der Waals surface area contributed by atoms with Gasteiger partial charge in [0.2, 0.25) is 6.79 Å². The molecule has 3 heterocycles. The lowest BCUT2D eigenvalue weighted by molar-refractivity contribution is 0.174. The lowest BCUT2D eigenvalue weighted by Gasteiger charge is -2.08. The highest BCUT2D eigenvalue weighted by atomic mass is 35.5. The Hall–Kier alpha value is -3.06. The number of rotatable bonds is 3. The van der Waals surface area contributed by atoms with Crippen LogP contribution in [-0.2, 0) is 6.54 Å². The van der Waals surface area contributed by atoms with Crippen molar-refractivity contribution in [1.82, 2.24) is 19.2 Å². The first-order valence-corrected chi connectivity index (χ1v) is 9.37. The van der Waals surface area contributed by atoms with E-state index in [2.05, 4.69) is 5.10 Å². The van der Waals surface area contributed by atoms with Crippen molar-refractivity contribution in [3.63, 3.8) is 0 Å². The number of benzene rings is 2. The third kappa shape index (κ3) is 2.54. The Balaban J connectivity index is 1.71. The van der Waals surface area contributed by atoms with E-state index in [0.717, 1.165) is 16.5 Å². The van der Waals surface area contributed by atoms with Crippen LogP contribution in [-0.4, -0.2) is 26.0 Å². The number of fused-ring (bicyclic) bond motifs is 4. The second kappa shape index (κ2) is 6.24. The average Bonchev–Trinajstić information content (AvgIpc) is 3.26. The molecule has 4 aromatic rings. The van der Waals surface area contributed by atoms with Crippen LogP contribution in [0.25, 0.3) is 16.6 Å². The zero-order valence-corrected chi connectivity index (χ0v) is 16.1. The summed E-state index contributed by atoms with van der Waals surface area (Å²) in [4.78, 5) is 17.9. The van der Waals surface area contributed by atoms with Crippen molar-refractivity contribution in [2.75, 3.05) is 6.79 Å². The predicted molar refractivity (Wildman–Crippen MR) is 106 cm³/mol. The van der Waals surface area contributed by atoms with Crippen LogP contribution in [0.5, 0.6) is 11.5 Å². The molecule has 1 aliphatic rings. The number of halogens is 1. The van der Waals surface area contributed by atoms with Gasteiger partial charge in [0.1, 0.15) is 5.82 Å². The fraction of sp³-hybridized carbons (Fsp3) is 0.250. The Bertz CT molecular complexity index is 1290. The van der Waals surface area contributed by atoms with E-state index in [9.17, 15) is 4.79 Å². The third-order valence-corrected chi connectivity index (χ3v) is 5.18. The summed E-state index contributed by atoms with van der Waals surface area (Å²) < 4.78 is 13.8. The van der Waals surface area contributed by atoms with Crippen molar-refractivity contribution in [3.8, 4) is 11.5 Å². The van der Waals surface area contributed by atoms with Crippen LogP contribution in [0.15, 0.2) is 41.2 Å². The lowest BCUT2D eigenvalue weighted by Crippen LogP contribution is -2.24. The van der Waals surface area contributed by atoms with E-state index in [1.165, 1.54) is 4.68 Å². The van der Waals surface area contributed by atoms with E-state index in [4.69, 9.17) is 26.1 Å². The molecule has 0 bridgehead atoms. The number of nitrogens with zero attached hydrogens (tertiary/aromatic N) is 4. The van der Waals surface area contributed by atoms with Crippen molar-refractivity contribution in [1.29, 1.82) is 0 Å². The number of ether oxygens (including phenoxy) is 2. The Morgan fingerprint density at radius 2 is 1.93 bits per heavy atom. The summed E-state index contributed by atoms with van der Waals surface area (Å²) in [5.41, 5.74) is 1.90. The summed E-state index contributed by atoms with van der Waals surface area (Å²) in [5.74, 6) is 1.97. The van der Waals surface area contributed by atoms with Crippen LogP contribution in [0.2, 0.25) is 5.02 Å². The quantitative estimate of drug-likeness (QED) is 0.529. The minimum absolute atomic E-state index is 0.0663. The molecule has 8 heteroatoms. The lowest BCUT2D eigenvalue weighted by atomic mass is 10.2. The largest absolute Gasteiger partial charge is 0.454 e. The van der Waals surface area contributed by atoms with E-state index in [1.54, 1.807) is 16.5 Å². The highest BCUT2D eigenvalue weighted by molar-refractivity contribution is 6.31. The molecule has 2 aromatic heterocycles. The van der Waals surface area contributed by atoms with Crippen LogP contribution in [0.4, 0.5) is 0 Å². The highest BCUT2D eigenvalue weighted by Crippen LogP contribution is 2.37. The zero-order chi connectivity index (χ0) is 19.4. The van der Waals surface area contributed by atoms with Crippen molar-refractivity contribution >= 4 is 28.2 Å². The van der Waals surface area contributed by atoms with Crippen LogP contribution in [0.1, 0.15) is 31.2 Å². The Morgan fingerprint density at radius 3 is 2.71 bits per heavy atom. The van der Waals surface area contributed by atoms with Crippen molar-refractivity contribution in [3.05, 3.63) is 63.3 Å². The van der Waals surface area contributed by atoms with Gasteiger partial charge in [0.05, 0.1) is 12.1 Å². The van der Waals surface area contributed by atoms with Crippen molar-refractivity contribution < 1.29 is 9.47 Å². The monoisotopic (exact) mass is 396 g/mol. The molecule has 0 atom stereocenters. The first-order valence-electron chi connectivity index (χ1n) is 8.99. The van der Waals surface area contributed by atoms with Gasteiger partial charge in [-0.1, -0.05) is 37.6 Å². The summed E-state index contributed by atoms with van der Waals surface area (Å²) in [7, 11) is 0. The molecule has 0 amide bonds. The van der Waals surface area contributed by atoms with E-state index in [-0.39, 0.29) is 24.9 Å². The van der Waals surface area contributed by atoms with Gasteiger partial charge in [-0.3, -0.25) is 0 Å². The van der Waals surface area contributed by atoms with Gasteiger partial charge < -0.3 is 9.47 Å². The molecule has 2 aromatic carbocycles.